The van der Waals surface area contributed by atoms with Crippen LogP contribution in [-0.4, -0.2) is 35.3 Å². The molecular formula is C17H19FN2O3S+2. The topological polar surface area (TPSA) is 63.2 Å². The Hall–Kier alpha value is -1.70. The summed E-state index contributed by atoms with van der Waals surface area (Å²) >= 11 is 1.40. The van der Waals surface area contributed by atoms with Crippen molar-refractivity contribution in [1.29, 1.82) is 0 Å². The number of nitrogens with one attached hydrogen (secondary N) is 2. The van der Waals surface area contributed by atoms with E-state index in [2.05, 4.69) is 0 Å². The molecule has 0 aliphatic carbocycles. The number of carbonyl (C=O) groups is 2. The van der Waals surface area contributed by atoms with Gasteiger partial charge in [0.05, 0.1) is 24.7 Å². The fourth-order valence-electron chi connectivity index (χ4n) is 3.90. The van der Waals surface area contributed by atoms with Crippen LogP contribution in [0.5, 0.6) is 0 Å². The van der Waals surface area contributed by atoms with E-state index in [1.807, 2.05) is 6.92 Å². The first-order chi connectivity index (χ1) is 11.5. The molecule has 2 saturated heterocycles. The molecule has 2 fully saturated rings. The molecule has 3 N–H and O–H groups in total. The lowest BCUT2D eigenvalue weighted by molar-refractivity contribution is -0.840. The Bertz CT molecular complexity index is 786. The molecule has 0 radical (unpaired) electrons. The van der Waals surface area contributed by atoms with Gasteiger partial charge in [-0.1, -0.05) is 0 Å². The molecule has 3 aliphatic rings. The van der Waals surface area contributed by atoms with E-state index in [0.717, 1.165) is 41.4 Å². The molecule has 24 heavy (non-hydrogen) atoms. The fraction of sp³-hybridized carbons (Fsp3) is 0.412. The van der Waals surface area contributed by atoms with Crippen LogP contribution < -0.4 is 9.80 Å². The highest BCUT2D eigenvalue weighted by Crippen LogP contribution is 2.37. The monoisotopic (exact) mass is 350 g/mol. The second-order valence-corrected chi connectivity index (χ2v) is 7.91. The molecule has 0 saturated carbocycles. The summed E-state index contributed by atoms with van der Waals surface area (Å²) in [6, 6.07) is 3.03. The summed E-state index contributed by atoms with van der Waals surface area (Å²) in [7, 11) is 0. The van der Waals surface area contributed by atoms with E-state index in [1.165, 1.54) is 24.2 Å². The minimum Gasteiger partial charge on any atom is -0.477 e. The Morgan fingerprint density at radius 3 is 2.58 bits per heavy atom. The molecule has 7 heteroatoms. The van der Waals surface area contributed by atoms with E-state index >= 15 is 0 Å². The molecule has 0 bridgehead atoms. The van der Waals surface area contributed by atoms with E-state index in [0.29, 0.717) is 10.7 Å². The van der Waals surface area contributed by atoms with Gasteiger partial charge in [0.2, 0.25) is 5.78 Å². The second-order valence-electron chi connectivity index (χ2n) is 6.55. The van der Waals surface area contributed by atoms with Crippen molar-refractivity contribution >= 4 is 34.9 Å². The predicted octanol–water partition coefficient (Wildman–Crippen LogP) is 0.628. The number of hydrogen-bond acceptors (Lipinski definition) is 3. The van der Waals surface area contributed by atoms with Crippen LogP contribution in [0.4, 0.5) is 15.8 Å². The lowest BCUT2D eigenvalue weighted by Crippen LogP contribution is -3.14. The van der Waals surface area contributed by atoms with Crippen molar-refractivity contribution < 1.29 is 28.9 Å². The van der Waals surface area contributed by atoms with Gasteiger partial charge in [-0.25, -0.2) is 9.18 Å². The summed E-state index contributed by atoms with van der Waals surface area (Å²) in [6.07, 6.45) is 3.32. The molecule has 5 nitrogen and oxygen atoms in total. The lowest BCUT2D eigenvalue weighted by Gasteiger charge is -2.39. The molecular weight excluding hydrogens is 331 g/mol. The first-order valence-corrected chi connectivity index (χ1v) is 9.12. The Kier molecular flexibility index (Phi) is 3.74. The molecule has 0 aromatic heterocycles. The molecule has 3 heterocycles. The molecule has 4 rings (SSSR count). The summed E-state index contributed by atoms with van der Waals surface area (Å²) in [5, 5.41) is 10.0. The zero-order chi connectivity index (χ0) is 17.0. The number of carboxylic acid groups (broad SMARTS) is 1. The zero-order valence-electron chi connectivity index (χ0n) is 13.3. The number of benzene rings is 1. The number of piperidine rings is 1. The number of halogens is 1. The number of fused-ring (bicyclic) bond motifs is 3. The van der Waals surface area contributed by atoms with Crippen LogP contribution in [0.2, 0.25) is 0 Å². The number of Topliss-reactive ketones (excluding diaryl/α,β-unsaturated/α-hetero) is 1. The average Bonchev–Trinajstić information content (AvgIpc) is 2.55. The third kappa shape index (κ3) is 2.22. The van der Waals surface area contributed by atoms with Crippen molar-refractivity contribution in [2.24, 2.45) is 0 Å². The Morgan fingerprint density at radius 2 is 1.96 bits per heavy atom. The predicted molar refractivity (Wildman–Crippen MR) is 87.3 cm³/mol. The van der Waals surface area contributed by atoms with E-state index in [1.54, 1.807) is 6.07 Å². The molecule has 2 unspecified atom stereocenters. The summed E-state index contributed by atoms with van der Waals surface area (Å²) in [4.78, 5) is 26.0. The van der Waals surface area contributed by atoms with Crippen molar-refractivity contribution in [3.05, 3.63) is 34.1 Å². The van der Waals surface area contributed by atoms with Crippen molar-refractivity contribution in [2.45, 2.75) is 31.6 Å². The quantitative estimate of drug-likeness (QED) is 0.685. The van der Waals surface area contributed by atoms with Gasteiger partial charge in [0.15, 0.2) is 33.2 Å². The van der Waals surface area contributed by atoms with Crippen LogP contribution in [0.15, 0.2) is 22.7 Å². The minimum atomic E-state index is -1.23. The van der Waals surface area contributed by atoms with E-state index in [4.69, 9.17) is 0 Å². The van der Waals surface area contributed by atoms with Gasteiger partial charge in [-0.05, 0) is 44.0 Å². The fourth-order valence-corrected chi connectivity index (χ4v) is 5.14. The Labute approximate surface area is 143 Å². The van der Waals surface area contributed by atoms with Crippen molar-refractivity contribution in [3.8, 4) is 0 Å². The number of quaternary nitrogens is 2. The minimum absolute atomic E-state index is 0.121. The van der Waals surface area contributed by atoms with Crippen LogP contribution in [0, 0.1) is 5.82 Å². The van der Waals surface area contributed by atoms with Gasteiger partial charge in [0.1, 0.15) is 0 Å². The van der Waals surface area contributed by atoms with Gasteiger partial charge in [0.25, 0.3) is 0 Å². The highest BCUT2D eigenvalue weighted by Gasteiger charge is 2.51. The smallest absolute Gasteiger partial charge is 0.346 e. The maximum Gasteiger partial charge on any atom is 0.346 e. The number of hydrogen-bond donors (Lipinski definition) is 3. The Morgan fingerprint density at radius 1 is 1.25 bits per heavy atom. The maximum atomic E-state index is 14.7. The van der Waals surface area contributed by atoms with Crippen LogP contribution >= 0.6 is 11.8 Å². The van der Waals surface area contributed by atoms with Crippen LogP contribution in [0.3, 0.4) is 0 Å². The summed E-state index contributed by atoms with van der Waals surface area (Å²) in [5.41, 5.74) is 1.31. The van der Waals surface area contributed by atoms with Gasteiger partial charge in [0, 0.05) is 0 Å². The van der Waals surface area contributed by atoms with Gasteiger partial charge in [-0.3, -0.25) is 14.6 Å². The standard InChI is InChI=1S/C17H17FN2O3S/c1-9-20-12-8-13(19-5-3-2-4-6-19)11(18)7-10(12)15(21)14(17(22)23)16(20)24-9/h7-9H,2-6H2,1H3,(H,22,23)/p+2. The number of carboxylic acids is 1. The molecule has 3 aliphatic heterocycles. The number of carbonyl (C=O) groups excluding carboxylic acids is 1. The van der Waals surface area contributed by atoms with Gasteiger partial charge in [-0.15, -0.1) is 0 Å². The molecule has 0 spiro atoms. The zero-order valence-corrected chi connectivity index (χ0v) is 14.1. The van der Waals surface area contributed by atoms with Crippen molar-refractivity contribution in [1.82, 2.24) is 0 Å². The van der Waals surface area contributed by atoms with E-state index < -0.39 is 17.6 Å². The van der Waals surface area contributed by atoms with Gasteiger partial charge >= 0.3 is 5.97 Å². The van der Waals surface area contributed by atoms with Crippen LogP contribution in [-0.2, 0) is 4.79 Å². The average molecular weight is 350 g/mol. The van der Waals surface area contributed by atoms with E-state index in [-0.39, 0.29) is 16.5 Å². The van der Waals surface area contributed by atoms with Gasteiger partial charge in [-0.2, -0.15) is 0 Å². The van der Waals surface area contributed by atoms with Crippen molar-refractivity contribution in [2.75, 3.05) is 13.1 Å². The second kappa shape index (κ2) is 5.68. The summed E-state index contributed by atoms with van der Waals surface area (Å²) in [6.45, 7) is 3.78. The normalized spacial score (nSPS) is 26.7. The first kappa shape index (κ1) is 15.8. The third-order valence-electron chi connectivity index (χ3n) is 5.09. The molecule has 1 aromatic carbocycles. The number of ketones is 1. The third-order valence-corrected chi connectivity index (χ3v) is 6.34. The van der Waals surface area contributed by atoms with Crippen LogP contribution in [0.25, 0.3) is 0 Å². The lowest BCUT2D eigenvalue weighted by atomic mass is 9.96. The van der Waals surface area contributed by atoms with Gasteiger partial charge < -0.3 is 5.11 Å². The Balaban J connectivity index is 1.83. The molecule has 0 amide bonds. The number of thioether (sulfide) groups is 1. The largest absolute Gasteiger partial charge is 0.477 e. The number of rotatable bonds is 2. The maximum absolute atomic E-state index is 14.7. The summed E-state index contributed by atoms with van der Waals surface area (Å²) < 4.78 is 14.7. The number of aliphatic carboxylic acids is 1. The van der Waals surface area contributed by atoms with Crippen LogP contribution in [0.1, 0.15) is 36.5 Å². The van der Waals surface area contributed by atoms with Crippen molar-refractivity contribution in [3.63, 3.8) is 0 Å². The first-order valence-electron chi connectivity index (χ1n) is 8.24. The summed E-state index contributed by atoms with van der Waals surface area (Å²) in [5.74, 6) is -2.22. The van der Waals surface area contributed by atoms with E-state index in [9.17, 15) is 19.1 Å². The SMILES string of the molecule is CC1SC2=C(C(=O)O)C(=O)c3cc(F)c([NH+]4CCCCC4)cc3[NH+]21. The highest BCUT2D eigenvalue weighted by molar-refractivity contribution is 8.04. The molecule has 1 aromatic rings. The highest BCUT2D eigenvalue weighted by atomic mass is 32.2. The molecule has 2 atom stereocenters. The molecule has 126 valence electrons.